The first-order valence-corrected chi connectivity index (χ1v) is 12.8. The number of aryl methyl sites for hydroxylation is 2. The SMILES string of the molecule is O=C(O)c1c(CCCOc2cccc3ccccc23)c2cccc3c2n1CCCCOCc1[nH]ncc1-3. The number of H-pyrrole nitrogens is 1. The molecule has 2 N–H and O–H groups in total. The number of carbonyl (C=O) groups is 1. The predicted octanol–water partition coefficient (Wildman–Crippen LogP) is 6.20. The Hall–Kier alpha value is -4.10. The van der Waals surface area contributed by atoms with Crippen LogP contribution >= 0.6 is 0 Å². The molecule has 0 unspecified atom stereocenters. The van der Waals surface area contributed by atoms with Gasteiger partial charge in [0.05, 0.1) is 30.6 Å². The summed E-state index contributed by atoms with van der Waals surface area (Å²) in [6, 6.07) is 20.3. The van der Waals surface area contributed by atoms with Crippen LogP contribution in [0.2, 0.25) is 0 Å². The molecule has 3 aromatic carbocycles. The van der Waals surface area contributed by atoms with Gasteiger partial charge in [0.2, 0.25) is 0 Å². The summed E-state index contributed by atoms with van der Waals surface area (Å²) in [6.07, 6.45) is 4.83. The molecule has 0 amide bonds. The number of carboxylic acid groups (broad SMARTS) is 1. The Kier molecular flexibility index (Phi) is 6.37. The minimum absolute atomic E-state index is 0.373. The van der Waals surface area contributed by atoms with Gasteiger partial charge < -0.3 is 19.1 Å². The number of hydrogen-bond acceptors (Lipinski definition) is 4. The molecule has 37 heavy (non-hydrogen) atoms. The van der Waals surface area contributed by atoms with Crippen molar-refractivity contribution in [2.75, 3.05) is 13.2 Å². The van der Waals surface area contributed by atoms with Crippen LogP contribution in [0, 0.1) is 0 Å². The third kappa shape index (κ3) is 4.36. The summed E-state index contributed by atoms with van der Waals surface area (Å²) in [7, 11) is 0. The monoisotopic (exact) mass is 495 g/mol. The van der Waals surface area contributed by atoms with Crippen LogP contribution < -0.4 is 4.74 Å². The zero-order chi connectivity index (χ0) is 25.2. The Labute approximate surface area is 214 Å². The molecule has 1 aliphatic heterocycles. The standard InChI is InChI=1S/C30H29N3O4/c34-30(35)29-23(13-7-17-37-27-14-5-9-20-8-1-2-10-21(20)27)22-11-6-12-24-25-18-31-32-26(25)19-36-16-4-3-15-33(29)28(22)24/h1-2,5-6,8-12,14,18H,3-4,7,13,15-17,19H2,(H,31,32)(H,34,35). The number of para-hydroxylation sites is 1. The smallest absolute Gasteiger partial charge is 0.352 e. The summed E-state index contributed by atoms with van der Waals surface area (Å²) >= 11 is 0. The second-order valence-corrected chi connectivity index (χ2v) is 9.44. The van der Waals surface area contributed by atoms with Crippen molar-refractivity contribution in [1.29, 1.82) is 0 Å². The Morgan fingerprint density at radius 2 is 1.86 bits per heavy atom. The number of fused-ring (bicyclic) bond motifs is 3. The number of rotatable bonds is 6. The Morgan fingerprint density at radius 1 is 1.03 bits per heavy atom. The second-order valence-electron chi connectivity index (χ2n) is 9.44. The molecule has 0 spiro atoms. The van der Waals surface area contributed by atoms with Gasteiger partial charge in [0.25, 0.3) is 0 Å². The van der Waals surface area contributed by atoms with Gasteiger partial charge in [0, 0.05) is 35.1 Å². The molecule has 0 fully saturated rings. The zero-order valence-corrected chi connectivity index (χ0v) is 20.6. The van der Waals surface area contributed by atoms with E-state index < -0.39 is 5.97 Å². The van der Waals surface area contributed by atoms with Crippen molar-refractivity contribution < 1.29 is 19.4 Å². The third-order valence-corrected chi connectivity index (χ3v) is 7.14. The number of nitrogens with one attached hydrogen (secondary N) is 1. The average molecular weight is 496 g/mol. The van der Waals surface area contributed by atoms with E-state index in [0.29, 0.717) is 44.9 Å². The van der Waals surface area contributed by atoms with Crippen molar-refractivity contribution in [3.63, 3.8) is 0 Å². The van der Waals surface area contributed by atoms with E-state index in [1.54, 1.807) is 6.20 Å². The molecular formula is C30H29N3O4. The van der Waals surface area contributed by atoms with Crippen LogP contribution in [0.15, 0.2) is 66.9 Å². The van der Waals surface area contributed by atoms with Crippen molar-refractivity contribution in [2.24, 2.45) is 0 Å². The highest BCUT2D eigenvalue weighted by Gasteiger charge is 2.25. The third-order valence-electron chi connectivity index (χ3n) is 7.14. The van der Waals surface area contributed by atoms with E-state index in [1.165, 1.54) is 0 Å². The van der Waals surface area contributed by atoms with Gasteiger partial charge >= 0.3 is 5.97 Å². The molecule has 0 saturated heterocycles. The Bertz CT molecular complexity index is 1580. The molecule has 0 saturated carbocycles. The van der Waals surface area contributed by atoms with Crippen molar-refractivity contribution in [1.82, 2.24) is 14.8 Å². The van der Waals surface area contributed by atoms with Gasteiger partial charge in [-0.15, -0.1) is 0 Å². The number of aromatic carboxylic acids is 1. The van der Waals surface area contributed by atoms with Crippen molar-refractivity contribution in [3.8, 4) is 16.9 Å². The van der Waals surface area contributed by atoms with Gasteiger partial charge in [-0.3, -0.25) is 5.10 Å². The second kappa shape index (κ2) is 10.1. The van der Waals surface area contributed by atoms with Gasteiger partial charge in [-0.05, 0) is 42.7 Å². The highest BCUT2D eigenvalue weighted by atomic mass is 16.5. The van der Waals surface area contributed by atoms with Gasteiger partial charge in [-0.25, -0.2) is 4.79 Å². The minimum Gasteiger partial charge on any atom is -0.493 e. The van der Waals surface area contributed by atoms with E-state index in [0.717, 1.165) is 62.7 Å². The largest absolute Gasteiger partial charge is 0.493 e. The summed E-state index contributed by atoms with van der Waals surface area (Å²) in [5, 5.41) is 20.9. The summed E-state index contributed by atoms with van der Waals surface area (Å²) in [5.74, 6) is -0.0453. The van der Waals surface area contributed by atoms with Gasteiger partial charge in [-0.1, -0.05) is 54.6 Å². The highest BCUT2D eigenvalue weighted by molar-refractivity contribution is 6.04. The molecule has 3 heterocycles. The maximum Gasteiger partial charge on any atom is 0.352 e. The summed E-state index contributed by atoms with van der Waals surface area (Å²) in [5.41, 5.74) is 5.03. The lowest BCUT2D eigenvalue weighted by Gasteiger charge is -2.11. The Morgan fingerprint density at radius 3 is 2.78 bits per heavy atom. The summed E-state index contributed by atoms with van der Waals surface area (Å²) in [4.78, 5) is 12.6. The lowest BCUT2D eigenvalue weighted by atomic mass is 10.00. The first-order valence-electron chi connectivity index (χ1n) is 12.8. The van der Waals surface area contributed by atoms with Crippen LogP contribution in [0.3, 0.4) is 0 Å². The molecule has 6 rings (SSSR count). The maximum atomic E-state index is 12.6. The Balaban J connectivity index is 1.36. The number of carboxylic acids is 1. The normalized spacial score (nSPS) is 13.8. The van der Waals surface area contributed by atoms with Gasteiger partial charge in [0.1, 0.15) is 11.4 Å². The van der Waals surface area contributed by atoms with Crippen LogP contribution in [-0.4, -0.2) is 39.1 Å². The van der Waals surface area contributed by atoms with Crippen LogP contribution in [0.5, 0.6) is 5.75 Å². The molecule has 1 aliphatic rings. The molecule has 7 nitrogen and oxygen atoms in total. The van der Waals surface area contributed by atoms with Crippen LogP contribution in [0.25, 0.3) is 32.8 Å². The lowest BCUT2D eigenvalue weighted by molar-refractivity contribution is 0.0683. The molecule has 188 valence electrons. The van der Waals surface area contributed by atoms with Crippen LogP contribution in [-0.2, 0) is 24.3 Å². The zero-order valence-electron chi connectivity index (χ0n) is 20.6. The number of aromatic nitrogens is 3. The minimum atomic E-state index is -0.898. The van der Waals surface area contributed by atoms with Gasteiger partial charge in [-0.2, -0.15) is 5.10 Å². The van der Waals surface area contributed by atoms with Crippen molar-refractivity contribution in [3.05, 3.63) is 83.8 Å². The topological polar surface area (TPSA) is 89.4 Å². The number of nitrogens with zero attached hydrogens (tertiary/aromatic N) is 2. The van der Waals surface area contributed by atoms with E-state index >= 15 is 0 Å². The molecule has 0 bridgehead atoms. The number of benzene rings is 3. The number of hydrogen-bond donors (Lipinski definition) is 2. The fourth-order valence-electron chi connectivity index (χ4n) is 5.47. The first-order chi connectivity index (χ1) is 18.2. The molecule has 0 aliphatic carbocycles. The van der Waals surface area contributed by atoms with Crippen molar-refractivity contribution in [2.45, 2.75) is 38.8 Å². The molecule has 0 atom stereocenters. The highest BCUT2D eigenvalue weighted by Crippen LogP contribution is 2.37. The van der Waals surface area contributed by atoms with E-state index in [-0.39, 0.29) is 0 Å². The number of aromatic amines is 1. The summed E-state index contributed by atoms with van der Waals surface area (Å²) in [6.45, 7) is 2.21. The summed E-state index contributed by atoms with van der Waals surface area (Å²) < 4.78 is 14.0. The van der Waals surface area contributed by atoms with E-state index in [1.807, 2.05) is 47.0 Å². The molecule has 7 heteroatoms. The van der Waals surface area contributed by atoms with E-state index in [4.69, 9.17) is 9.47 Å². The van der Waals surface area contributed by atoms with Crippen LogP contribution in [0.1, 0.15) is 41.0 Å². The quantitative estimate of drug-likeness (QED) is 0.274. The van der Waals surface area contributed by atoms with Gasteiger partial charge in [0.15, 0.2) is 0 Å². The van der Waals surface area contributed by atoms with Crippen LogP contribution in [0.4, 0.5) is 0 Å². The lowest BCUT2D eigenvalue weighted by Crippen LogP contribution is -2.12. The molecule has 0 radical (unpaired) electrons. The maximum absolute atomic E-state index is 12.6. The number of ether oxygens (including phenoxy) is 2. The predicted molar refractivity (Wildman–Crippen MR) is 143 cm³/mol. The van der Waals surface area contributed by atoms with E-state index in [9.17, 15) is 9.90 Å². The molecule has 2 aromatic heterocycles. The first kappa shape index (κ1) is 23.3. The van der Waals surface area contributed by atoms with E-state index in [2.05, 4.69) is 28.4 Å². The molecular weight excluding hydrogens is 466 g/mol. The molecule has 5 aromatic rings. The fourth-order valence-corrected chi connectivity index (χ4v) is 5.47. The average Bonchev–Trinajstić information content (AvgIpc) is 3.50. The van der Waals surface area contributed by atoms with Crippen molar-refractivity contribution >= 4 is 27.6 Å². The fraction of sp³-hybridized carbons (Fsp3) is 0.267.